The van der Waals surface area contributed by atoms with Crippen LogP contribution in [0.3, 0.4) is 0 Å². The van der Waals surface area contributed by atoms with E-state index in [4.69, 9.17) is 4.74 Å². The second-order valence-electron chi connectivity index (χ2n) is 8.16. The number of rotatable bonds is 9. The minimum atomic E-state index is 0.0669. The molecule has 0 atom stereocenters. The standard InChI is InChI=1S/C22H31N5O2S2/c28-19(24-17-22(9-5-2-6-10-22)27-11-13-29-14-12-27)16-30-21-26-25-20(31-21)23-15-18-7-3-1-4-8-18/h1,3-4,7-8H,2,5-6,9-17H2,(H,23,25)(H,24,28). The fourth-order valence-electron chi connectivity index (χ4n) is 4.41. The first-order valence-electron chi connectivity index (χ1n) is 11.1. The van der Waals surface area contributed by atoms with Crippen LogP contribution in [-0.4, -0.2) is 65.1 Å². The Labute approximate surface area is 192 Å². The third-order valence-electron chi connectivity index (χ3n) is 6.10. The van der Waals surface area contributed by atoms with Crippen LogP contribution in [-0.2, 0) is 16.1 Å². The van der Waals surface area contributed by atoms with E-state index in [0.717, 1.165) is 55.2 Å². The highest BCUT2D eigenvalue weighted by atomic mass is 32.2. The van der Waals surface area contributed by atoms with Gasteiger partial charge >= 0.3 is 0 Å². The summed E-state index contributed by atoms with van der Waals surface area (Å²) in [5.41, 5.74) is 1.29. The van der Waals surface area contributed by atoms with Crippen LogP contribution in [0, 0.1) is 0 Å². The summed E-state index contributed by atoms with van der Waals surface area (Å²) in [4.78, 5) is 15.1. The summed E-state index contributed by atoms with van der Waals surface area (Å²) in [5, 5.41) is 15.7. The lowest BCUT2D eigenvalue weighted by atomic mass is 9.79. The lowest BCUT2D eigenvalue weighted by Gasteiger charge is -2.48. The number of anilines is 1. The van der Waals surface area contributed by atoms with Gasteiger partial charge in [-0.15, -0.1) is 10.2 Å². The number of hydrogen-bond acceptors (Lipinski definition) is 8. The van der Waals surface area contributed by atoms with Gasteiger partial charge in [0.25, 0.3) is 0 Å². The van der Waals surface area contributed by atoms with E-state index in [-0.39, 0.29) is 11.4 Å². The average molecular weight is 462 g/mol. The van der Waals surface area contributed by atoms with Crippen molar-refractivity contribution in [2.45, 2.75) is 48.5 Å². The number of amides is 1. The van der Waals surface area contributed by atoms with Gasteiger partial charge in [-0.05, 0) is 18.4 Å². The number of morpholine rings is 1. The van der Waals surface area contributed by atoms with Gasteiger partial charge < -0.3 is 15.4 Å². The molecule has 0 spiro atoms. The van der Waals surface area contributed by atoms with E-state index in [9.17, 15) is 4.79 Å². The van der Waals surface area contributed by atoms with E-state index in [1.807, 2.05) is 18.2 Å². The maximum Gasteiger partial charge on any atom is 0.230 e. The summed E-state index contributed by atoms with van der Waals surface area (Å²) in [6.45, 7) is 4.96. The van der Waals surface area contributed by atoms with Gasteiger partial charge in [-0.3, -0.25) is 9.69 Å². The van der Waals surface area contributed by atoms with Crippen LogP contribution in [0.5, 0.6) is 0 Å². The van der Waals surface area contributed by atoms with Crippen molar-refractivity contribution in [3.8, 4) is 0 Å². The van der Waals surface area contributed by atoms with E-state index in [2.05, 4.69) is 37.9 Å². The Morgan fingerprint density at radius 3 is 2.68 bits per heavy atom. The largest absolute Gasteiger partial charge is 0.379 e. The van der Waals surface area contributed by atoms with Crippen LogP contribution in [0.2, 0.25) is 0 Å². The summed E-state index contributed by atoms with van der Waals surface area (Å²) in [7, 11) is 0. The van der Waals surface area contributed by atoms with E-state index in [1.165, 1.54) is 47.9 Å². The third-order valence-corrected chi connectivity index (χ3v) is 8.11. The molecular formula is C22H31N5O2S2. The number of nitrogens with zero attached hydrogens (tertiary/aromatic N) is 3. The fraction of sp³-hybridized carbons (Fsp3) is 0.591. The number of hydrogen-bond donors (Lipinski definition) is 2. The van der Waals surface area contributed by atoms with Gasteiger partial charge in [0, 0.05) is 31.7 Å². The Hall–Kier alpha value is -1.68. The molecule has 2 N–H and O–H groups in total. The Balaban J connectivity index is 1.23. The predicted molar refractivity (Wildman–Crippen MR) is 126 cm³/mol. The van der Waals surface area contributed by atoms with E-state index in [0.29, 0.717) is 12.3 Å². The molecule has 0 radical (unpaired) electrons. The van der Waals surface area contributed by atoms with Gasteiger partial charge in [0.15, 0.2) is 4.34 Å². The molecule has 2 heterocycles. The molecule has 1 saturated heterocycles. The van der Waals surface area contributed by atoms with Crippen LogP contribution < -0.4 is 10.6 Å². The second-order valence-corrected chi connectivity index (χ2v) is 10.4. The molecular weight excluding hydrogens is 430 g/mol. The zero-order valence-electron chi connectivity index (χ0n) is 17.8. The highest BCUT2D eigenvalue weighted by Crippen LogP contribution is 2.34. The maximum atomic E-state index is 12.6. The molecule has 0 bridgehead atoms. The zero-order valence-corrected chi connectivity index (χ0v) is 19.5. The molecule has 9 heteroatoms. The molecule has 2 aromatic rings. The summed E-state index contributed by atoms with van der Waals surface area (Å²) in [6.07, 6.45) is 6.10. The van der Waals surface area contributed by atoms with Crippen molar-refractivity contribution in [3.05, 3.63) is 35.9 Å². The van der Waals surface area contributed by atoms with Gasteiger partial charge in [-0.2, -0.15) is 0 Å². The van der Waals surface area contributed by atoms with Crippen molar-refractivity contribution < 1.29 is 9.53 Å². The van der Waals surface area contributed by atoms with Gasteiger partial charge in [0.05, 0.1) is 19.0 Å². The van der Waals surface area contributed by atoms with Crippen LogP contribution in [0.25, 0.3) is 0 Å². The van der Waals surface area contributed by atoms with Gasteiger partial charge in [-0.25, -0.2) is 0 Å². The van der Waals surface area contributed by atoms with Crippen molar-refractivity contribution in [2.24, 2.45) is 0 Å². The summed E-state index contributed by atoms with van der Waals surface area (Å²) >= 11 is 2.94. The number of benzene rings is 1. The molecule has 1 aromatic carbocycles. The molecule has 1 aromatic heterocycles. The van der Waals surface area contributed by atoms with Crippen LogP contribution in [0.1, 0.15) is 37.7 Å². The summed E-state index contributed by atoms with van der Waals surface area (Å²) in [5.74, 6) is 0.434. The smallest absolute Gasteiger partial charge is 0.230 e. The van der Waals surface area contributed by atoms with Crippen molar-refractivity contribution in [1.82, 2.24) is 20.4 Å². The van der Waals surface area contributed by atoms with Crippen molar-refractivity contribution in [3.63, 3.8) is 0 Å². The van der Waals surface area contributed by atoms with Crippen LogP contribution in [0.4, 0.5) is 5.13 Å². The predicted octanol–water partition coefficient (Wildman–Crippen LogP) is 3.39. The molecule has 1 aliphatic heterocycles. The highest BCUT2D eigenvalue weighted by molar-refractivity contribution is 8.01. The molecule has 1 saturated carbocycles. The molecule has 0 unspecified atom stereocenters. The van der Waals surface area contributed by atoms with Crippen LogP contribution >= 0.6 is 23.1 Å². The zero-order chi connectivity index (χ0) is 21.4. The normalized spacial score (nSPS) is 19.1. The van der Waals surface area contributed by atoms with Gasteiger partial charge in [0.2, 0.25) is 11.0 Å². The van der Waals surface area contributed by atoms with E-state index in [1.54, 1.807) is 0 Å². The van der Waals surface area contributed by atoms with E-state index >= 15 is 0 Å². The molecule has 7 nitrogen and oxygen atoms in total. The van der Waals surface area contributed by atoms with Crippen LogP contribution in [0.15, 0.2) is 34.7 Å². The maximum absolute atomic E-state index is 12.6. The minimum Gasteiger partial charge on any atom is -0.379 e. The Bertz CT molecular complexity index is 820. The molecule has 2 aliphatic rings. The molecule has 4 rings (SSSR count). The summed E-state index contributed by atoms with van der Waals surface area (Å²) in [6, 6.07) is 10.2. The van der Waals surface area contributed by atoms with Gasteiger partial charge in [-0.1, -0.05) is 72.7 Å². The first kappa shape index (κ1) is 22.5. The Kier molecular flexibility index (Phi) is 8.18. The van der Waals surface area contributed by atoms with Crippen molar-refractivity contribution in [1.29, 1.82) is 0 Å². The molecule has 31 heavy (non-hydrogen) atoms. The summed E-state index contributed by atoms with van der Waals surface area (Å²) < 4.78 is 6.36. The van der Waals surface area contributed by atoms with E-state index < -0.39 is 0 Å². The molecule has 1 amide bonds. The monoisotopic (exact) mass is 461 g/mol. The number of carbonyl (C=O) groups excluding carboxylic acids is 1. The second kappa shape index (κ2) is 11.3. The average Bonchev–Trinajstić information content (AvgIpc) is 3.30. The third kappa shape index (κ3) is 6.41. The first-order chi connectivity index (χ1) is 15.2. The molecule has 168 valence electrons. The van der Waals surface area contributed by atoms with Crippen molar-refractivity contribution >= 4 is 34.1 Å². The minimum absolute atomic E-state index is 0.0669. The highest BCUT2D eigenvalue weighted by Gasteiger charge is 2.38. The number of nitrogens with one attached hydrogen (secondary N) is 2. The fourth-order valence-corrected chi connectivity index (χ4v) is 5.98. The van der Waals surface area contributed by atoms with Gasteiger partial charge in [0.1, 0.15) is 0 Å². The molecule has 1 aliphatic carbocycles. The first-order valence-corrected chi connectivity index (χ1v) is 12.9. The number of ether oxygens (including phenoxy) is 1. The number of aromatic nitrogens is 2. The number of carbonyl (C=O) groups is 1. The lowest BCUT2D eigenvalue weighted by Crippen LogP contribution is -2.59. The topological polar surface area (TPSA) is 79.4 Å². The number of thioether (sulfide) groups is 1. The SMILES string of the molecule is O=C(CSc1nnc(NCc2ccccc2)s1)NCC1(N2CCOCC2)CCCCC1. The van der Waals surface area contributed by atoms with Crippen molar-refractivity contribution in [2.75, 3.05) is 43.9 Å². The lowest BCUT2D eigenvalue weighted by molar-refractivity contribution is -0.119. The Morgan fingerprint density at radius 2 is 1.90 bits per heavy atom. The Morgan fingerprint density at radius 1 is 1.13 bits per heavy atom. The quantitative estimate of drug-likeness (QED) is 0.554. The molecule has 2 fully saturated rings.